The van der Waals surface area contributed by atoms with E-state index in [9.17, 15) is 4.39 Å². The highest BCUT2D eigenvalue weighted by atomic mass is 19.1. The number of hydrogen-bond donors (Lipinski definition) is 2. The van der Waals surface area contributed by atoms with Crippen LogP contribution in [0.25, 0.3) is 0 Å². The second-order valence-corrected chi connectivity index (χ2v) is 6.37. The Labute approximate surface area is 159 Å². The predicted octanol–water partition coefficient (Wildman–Crippen LogP) is 2.55. The molecule has 1 unspecified atom stereocenters. The maximum absolute atomic E-state index is 13.8. The number of ether oxygens (including phenoxy) is 1. The van der Waals surface area contributed by atoms with Gasteiger partial charge in [-0.1, -0.05) is 12.1 Å². The van der Waals surface area contributed by atoms with Crippen molar-refractivity contribution in [2.75, 3.05) is 39.4 Å². The molecule has 0 aliphatic carbocycles. The molecule has 0 radical (unpaired) electrons. The Morgan fingerprint density at radius 1 is 1.22 bits per heavy atom. The van der Waals surface area contributed by atoms with E-state index in [4.69, 9.17) is 9.15 Å². The van der Waals surface area contributed by atoms with Crippen molar-refractivity contribution >= 4 is 5.96 Å². The first-order valence-electron chi connectivity index (χ1n) is 9.38. The van der Waals surface area contributed by atoms with E-state index in [-0.39, 0.29) is 11.9 Å². The highest BCUT2D eigenvalue weighted by Gasteiger charge is 2.23. The molecule has 6 nitrogen and oxygen atoms in total. The number of morpholine rings is 1. The molecule has 1 saturated heterocycles. The summed E-state index contributed by atoms with van der Waals surface area (Å²) in [7, 11) is 0. The van der Waals surface area contributed by atoms with Crippen molar-refractivity contribution in [3.63, 3.8) is 0 Å². The average molecular weight is 374 g/mol. The molecule has 146 valence electrons. The van der Waals surface area contributed by atoms with E-state index in [2.05, 4.69) is 20.5 Å². The second-order valence-electron chi connectivity index (χ2n) is 6.37. The van der Waals surface area contributed by atoms with Crippen LogP contribution in [0.3, 0.4) is 0 Å². The van der Waals surface area contributed by atoms with E-state index in [1.165, 1.54) is 6.07 Å². The molecule has 1 atom stereocenters. The van der Waals surface area contributed by atoms with Gasteiger partial charge >= 0.3 is 0 Å². The van der Waals surface area contributed by atoms with Crippen LogP contribution in [-0.2, 0) is 11.3 Å². The summed E-state index contributed by atoms with van der Waals surface area (Å²) in [6.45, 7) is 6.89. The number of hydrogen-bond acceptors (Lipinski definition) is 4. The van der Waals surface area contributed by atoms with Crippen molar-refractivity contribution in [2.45, 2.75) is 19.5 Å². The molecule has 0 amide bonds. The Bertz CT molecular complexity index is 715. The van der Waals surface area contributed by atoms with Crippen molar-refractivity contribution in [1.29, 1.82) is 0 Å². The van der Waals surface area contributed by atoms with Gasteiger partial charge < -0.3 is 19.8 Å². The summed E-state index contributed by atoms with van der Waals surface area (Å²) >= 11 is 0. The molecule has 1 aliphatic heterocycles. The number of rotatable bonds is 7. The normalized spacial score (nSPS) is 16.9. The standard InChI is InChI=1S/C20H27FN4O2/c1-2-22-20(23-14-18-7-4-10-27-18)24-15-19(25-8-11-26-12-9-25)16-5-3-6-17(21)13-16/h3-7,10,13,19H,2,8-9,11-12,14-15H2,1H3,(H2,22,23,24). The molecule has 1 aromatic heterocycles. The summed E-state index contributed by atoms with van der Waals surface area (Å²) in [4.78, 5) is 6.89. The maximum atomic E-state index is 13.8. The maximum Gasteiger partial charge on any atom is 0.191 e. The summed E-state index contributed by atoms with van der Waals surface area (Å²) < 4.78 is 24.6. The first-order chi connectivity index (χ1) is 13.3. The van der Waals surface area contributed by atoms with E-state index in [1.54, 1.807) is 18.4 Å². The van der Waals surface area contributed by atoms with Crippen LogP contribution in [0, 0.1) is 5.82 Å². The third-order valence-corrected chi connectivity index (χ3v) is 4.50. The molecular weight excluding hydrogens is 347 g/mol. The SMILES string of the molecule is CCNC(=NCc1ccco1)NCC(c1cccc(F)c1)N1CCOCC1. The van der Waals surface area contributed by atoms with Crippen LogP contribution in [0.15, 0.2) is 52.1 Å². The minimum atomic E-state index is -0.218. The van der Waals surface area contributed by atoms with Crippen LogP contribution < -0.4 is 10.6 Å². The smallest absolute Gasteiger partial charge is 0.191 e. The third-order valence-electron chi connectivity index (χ3n) is 4.50. The molecule has 2 heterocycles. The van der Waals surface area contributed by atoms with Gasteiger partial charge in [0.25, 0.3) is 0 Å². The first kappa shape index (κ1) is 19.4. The average Bonchev–Trinajstić information content (AvgIpc) is 3.21. The Kier molecular flexibility index (Phi) is 7.24. The van der Waals surface area contributed by atoms with Gasteiger partial charge in [-0.3, -0.25) is 4.90 Å². The topological polar surface area (TPSA) is 62.0 Å². The number of aliphatic imine (C=N–C) groups is 1. The molecule has 2 N–H and O–H groups in total. The lowest BCUT2D eigenvalue weighted by Gasteiger charge is -2.35. The van der Waals surface area contributed by atoms with Crippen LogP contribution in [0.1, 0.15) is 24.3 Å². The lowest BCUT2D eigenvalue weighted by molar-refractivity contribution is 0.0169. The summed E-state index contributed by atoms with van der Waals surface area (Å²) in [5, 5.41) is 6.64. The van der Waals surface area contributed by atoms with E-state index in [0.29, 0.717) is 32.3 Å². The molecule has 7 heteroatoms. The number of nitrogens with one attached hydrogen (secondary N) is 2. The van der Waals surface area contributed by atoms with Gasteiger partial charge in [0.05, 0.1) is 25.5 Å². The van der Waals surface area contributed by atoms with Crippen LogP contribution in [0.2, 0.25) is 0 Å². The van der Waals surface area contributed by atoms with Gasteiger partial charge in [-0.15, -0.1) is 0 Å². The van der Waals surface area contributed by atoms with Crippen LogP contribution in [0.4, 0.5) is 4.39 Å². The molecule has 2 aromatic rings. The zero-order valence-electron chi connectivity index (χ0n) is 15.7. The van der Waals surface area contributed by atoms with Gasteiger partial charge in [-0.2, -0.15) is 0 Å². The van der Waals surface area contributed by atoms with Crippen molar-refractivity contribution < 1.29 is 13.5 Å². The molecule has 1 fully saturated rings. The number of nitrogens with zero attached hydrogens (tertiary/aromatic N) is 2. The van der Waals surface area contributed by atoms with Crippen molar-refractivity contribution in [3.05, 3.63) is 59.8 Å². The van der Waals surface area contributed by atoms with Crippen molar-refractivity contribution in [3.8, 4) is 0 Å². The van der Waals surface area contributed by atoms with Crippen molar-refractivity contribution in [1.82, 2.24) is 15.5 Å². The van der Waals surface area contributed by atoms with E-state index in [1.807, 2.05) is 25.1 Å². The predicted molar refractivity (Wildman–Crippen MR) is 103 cm³/mol. The fourth-order valence-electron chi connectivity index (χ4n) is 3.16. The quantitative estimate of drug-likeness (QED) is 0.576. The van der Waals surface area contributed by atoms with Gasteiger partial charge in [0.1, 0.15) is 18.1 Å². The Morgan fingerprint density at radius 2 is 2.07 bits per heavy atom. The summed E-state index contributed by atoms with van der Waals surface area (Å²) in [5.41, 5.74) is 0.950. The number of benzene rings is 1. The van der Waals surface area contributed by atoms with E-state index >= 15 is 0 Å². The molecule has 1 aliphatic rings. The second kappa shape index (κ2) is 10.1. The minimum Gasteiger partial charge on any atom is -0.467 e. The highest BCUT2D eigenvalue weighted by Crippen LogP contribution is 2.22. The fraction of sp³-hybridized carbons (Fsp3) is 0.450. The van der Waals surface area contributed by atoms with Crippen LogP contribution in [0.5, 0.6) is 0 Å². The van der Waals surface area contributed by atoms with Crippen LogP contribution >= 0.6 is 0 Å². The van der Waals surface area contributed by atoms with E-state index < -0.39 is 0 Å². The first-order valence-corrected chi connectivity index (χ1v) is 9.38. The Balaban J connectivity index is 1.70. The summed E-state index contributed by atoms with van der Waals surface area (Å²) in [6, 6.07) is 10.6. The molecule has 27 heavy (non-hydrogen) atoms. The molecule has 0 saturated carbocycles. The van der Waals surface area contributed by atoms with Gasteiger partial charge in [-0.05, 0) is 36.8 Å². The Morgan fingerprint density at radius 3 is 2.78 bits per heavy atom. The Hall–Kier alpha value is -2.38. The van der Waals surface area contributed by atoms with Crippen LogP contribution in [-0.4, -0.2) is 50.3 Å². The highest BCUT2D eigenvalue weighted by molar-refractivity contribution is 5.79. The summed E-state index contributed by atoms with van der Waals surface area (Å²) in [5.74, 6) is 1.30. The number of guanidine groups is 1. The number of furan rings is 1. The minimum absolute atomic E-state index is 0.0390. The molecular formula is C20H27FN4O2. The van der Waals surface area contributed by atoms with Gasteiger partial charge in [0.2, 0.25) is 0 Å². The van der Waals surface area contributed by atoms with Crippen molar-refractivity contribution in [2.24, 2.45) is 4.99 Å². The molecule has 0 bridgehead atoms. The molecule has 1 aromatic carbocycles. The summed E-state index contributed by atoms with van der Waals surface area (Å²) in [6.07, 6.45) is 1.64. The zero-order valence-corrected chi connectivity index (χ0v) is 15.7. The zero-order chi connectivity index (χ0) is 18.9. The van der Waals surface area contributed by atoms with Gasteiger partial charge in [-0.25, -0.2) is 9.38 Å². The lowest BCUT2D eigenvalue weighted by Crippen LogP contribution is -2.46. The third kappa shape index (κ3) is 5.80. The van der Waals surface area contributed by atoms with Gasteiger partial charge in [0.15, 0.2) is 5.96 Å². The molecule has 3 rings (SSSR count). The lowest BCUT2D eigenvalue weighted by atomic mass is 10.0. The van der Waals surface area contributed by atoms with E-state index in [0.717, 1.165) is 31.0 Å². The number of halogens is 1. The fourth-order valence-corrected chi connectivity index (χ4v) is 3.16. The largest absolute Gasteiger partial charge is 0.467 e. The van der Waals surface area contributed by atoms with Gasteiger partial charge in [0, 0.05) is 26.2 Å². The molecule has 0 spiro atoms. The monoisotopic (exact) mass is 374 g/mol.